The molecule has 3 nitrogen and oxygen atoms in total. The van der Waals surface area contributed by atoms with Crippen LogP contribution >= 0.6 is 0 Å². The molecule has 0 saturated carbocycles. The fourth-order valence-electron chi connectivity index (χ4n) is 0.708. The van der Waals surface area contributed by atoms with Crippen LogP contribution < -0.4 is 0 Å². The molecule has 66 valence electrons. The van der Waals surface area contributed by atoms with Gasteiger partial charge in [0, 0.05) is 6.92 Å². The summed E-state index contributed by atoms with van der Waals surface area (Å²) in [5, 5.41) is 0. The SMILES string of the molecule is CC(=O)c1nc(C(C)(C)F)co1. The number of carbonyl (C=O) groups is 1. The predicted octanol–water partition coefficient (Wildman–Crippen LogP) is 2.08. The lowest BCUT2D eigenvalue weighted by Crippen LogP contribution is -2.09. The van der Waals surface area contributed by atoms with Crippen LogP contribution in [0.25, 0.3) is 0 Å². The maximum Gasteiger partial charge on any atom is 0.263 e. The number of nitrogens with zero attached hydrogens (tertiary/aromatic N) is 1. The molecule has 0 amide bonds. The van der Waals surface area contributed by atoms with Crippen LogP contribution in [-0.2, 0) is 5.67 Å². The van der Waals surface area contributed by atoms with Gasteiger partial charge in [-0.05, 0) is 13.8 Å². The van der Waals surface area contributed by atoms with Crippen molar-refractivity contribution in [2.45, 2.75) is 26.4 Å². The van der Waals surface area contributed by atoms with Crippen LogP contribution in [0.15, 0.2) is 10.7 Å². The number of oxazole rings is 1. The van der Waals surface area contributed by atoms with Gasteiger partial charge in [0.05, 0.1) is 0 Å². The summed E-state index contributed by atoms with van der Waals surface area (Å²) in [4.78, 5) is 14.4. The fraction of sp³-hybridized carbons (Fsp3) is 0.500. The van der Waals surface area contributed by atoms with Gasteiger partial charge in [0.25, 0.3) is 5.89 Å². The van der Waals surface area contributed by atoms with Crippen LogP contribution in [0.2, 0.25) is 0 Å². The molecule has 0 saturated heterocycles. The number of rotatable bonds is 2. The third kappa shape index (κ3) is 1.69. The summed E-state index contributed by atoms with van der Waals surface area (Å²) in [5.41, 5.74) is -1.41. The van der Waals surface area contributed by atoms with E-state index in [4.69, 9.17) is 4.42 Å². The second kappa shape index (κ2) is 2.69. The van der Waals surface area contributed by atoms with E-state index < -0.39 is 5.67 Å². The lowest BCUT2D eigenvalue weighted by atomic mass is 10.1. The van der Waals surface area contributed by atoms with Gasteiger partial charge in [-0.1, -0.05) is 0 Å². The molecule has 1 aromatic heterocycles. The molecule has 0 fully saturated rings. The van der Waals surface area contributed by atoms with Crippen LogP contribution in [0.4, 0.5) is 4.39 Å². The summed E-state index contributed by atoms with van der Waals surface area (Å²) in [6, 6.07) is 0. The molecule has 4 heteroatoms. The Balaban J connectivity index is 3.00. The average molecular weight is 171 g/mol. The van der Waals surface area contributed by atoms with Gasteiger partial charge in [-0.2, -0.15) is 0 Å². The Morgan fingerprint density at radius 1 is 1.67 bits per heavy atom. The van der Waals surface area contributed by atoms with Gasteiger partial charge in [-0.15, -0.1) is 0 Å². The van der Waals surface area contributed by atoms with Crippen molar-refractivity contribution in [1.29, 1.82) is 0 Å². The molecule has 1 aromatic rings. The van der Waals surface area contributed by atoms with Crippen molar-refractivity contribution in [2.75, 3.05) is 0 Å². The molecule has 12 heavy (non-hydrogen) atoms. The van der Waals surface area contributed by atoms with Gasteiger partial charge in [0.15, 0.2) is 0 Å². The average Bonchev–Trinajstić information content (AvgIpc) is 2.30. The fourth-order valence-corrected chi connectivity index (χ4v) is 0.708. The number of hydrogen-bond acceptors (Lipinski definition) is 3. The van der Waals surface area contributed by atoms with Gasteiger partial charge in [-0.3, -0.25) is 4.79 Å². The molecule has 1 heterocycles. The second-order valence-electron chi connectivity index (χ2n) is 3.07. The lowest BCUT2D eigenvalue weighted by Gasteiger charge is -2.07. The molecule has 0 aliphatic carbocycles. The van der Waals surface area contributed by atoms with Gasteiger partial charge < -0.3 is 4.42 Å². The standard InChI is InChI=1S/C8H10FNO2/c1-5(11)7-10-6(4-12-7)8(2,3)9/h4H,1-3H3. The topological polar surface area (TPSA) is 43.1 Å². The van der Waals surface area contributed by atoms with Crippen LogP contribution in [0.3, 0.4) is 0 Å². The molecule has 0 atom stereocenters. The first kappa shape index (κ1) is 8.90. The van der Waals surface area contributed by atoms with Gasteiger partial charge in [0.1, 0.15) is 17.6 Å². The highest BCUT2D eigenvalue weighted by Crippen LogP contribution is 2.23. The van der Waals surface area contributed by atoms with E-state index in [9.17, 15) is 9.18 Å². The van der Waals surface area contributed by atoms with E-state index >= 15 is 0 Å². The van der Waals surface area contributed by atoms with Gasteiger partial charge >= 0.3 is 0 Å². The first-order chi connectivity index (χ1) is 5.41. The van der Waals surface area contributed by atoms with Crippen molar-refractivity contribution in [3.63, 3.8) is 0 Å². The smallest absolute Gasteiger partial charge is 0.263 e. The third-order valence-corrected chi connectivity index (χ3v) is 1.41. The molecular formula is C8H10FNO2. The zero-order valence-electron chi connectivity index (χ0n) is 7.22. The summed E-state index contributed by atoms with van der Waals surface area (Å²) in [5.74, 6) is -0.346. The van der Waals surface area contributed by atoms with E-state index in [0.717, 1.165) is 6.26 Å². The number of Topliss-reactive ketones (excluding diaryl/α,β-unsaturated/α-hetero) is 1. The molecule has 0 unspecified atom stereocenters. The summed E-state index contributed by atoms with van der Waals surface area (Å²) < 4.78 is 17.9. The monoisotopic (exact) mass is 171 g/mol. The van der Waals surface area contributed by atoms with E-state index in [0.29, 0.717) is 0 Å². The summed E-state index contributed by atoms with van der Waals surface area (Å²) in [7, 11) is 0. The summed E-state index contributed by atoms with van der Waals surface area (Å²) >= 11 is 0. The van der Waals surface area contributed by atoms with Gasteiger partial charge in [-0.25, -0.2) is 9.37 Å². The highest BCUT2D eigenvalue weighted by Gasteiger charge is 2.24. The molecular weight excluding hydrogens is 161 g/mol. The minimum absolute atomic E-state index is 0.0456. The van der Waals surface area contributed by atoms with Crippen molar-refractivity contribution in [3.05, 3.63) is 17.8 Å². The Labute approximate surface area is 69.6 Å². The van der Waals surface area contributed by atoms with Crippen molar-refractivity contribution in [2.24, 2.45) is 0 Å². The molecule has 0 aliphatic heterocycles. The van der Waals surface area contributed by atoms with Gasteiger partial charge in [0.2, 0.25) is 5.78 Å². The molecule has 0 bridgehead atoms. The summed E-state index contributed by atoms with van der Waals surface area (Å²) in [6.45, 7) is 4.03. The molecule has 0 radical (unpaired) electrons. The van der Waals surface area contributed by atoms with Crippen molar-refractivity contribution < 1.29 is 13.6 Å². The molecule has 0 spiro atoms. The van der Waals surface area contributed by atoms with Crippen molar-refractivity contribution in [3.8, 4) is 0 Å². The third-order valence-electron chi connectivity index (χ3n) is 1.41. The highest BCUT2D eigenvalue weighted by molar-refractivity contribution is 5.89. The minimum Gasteiger partial charge on any atom is -0.442 e. The summed E-state index contributed by atoms with van der Waals surface area (Å²) in [6.07, 6.45) is 1.16. The molecule has 0 N–H and O–H groups in total. The Bertz CT molecular complexity index is 298. The number of aromatic nitrogens is 1. The Hall–Kier alpha value is -1.19. The van der Waals surface area contributed by atoms with E-state index in [1.807, 2.05) is 0 Å². The van der Waals surface area contributed by atoms with E-state index in [1.54, 1.807) is 0 Å². The largest absolute Gasteiger partial charge is 0.442 e. The number of hydrogen-bond donors (Lipinski definition) is 0. The quantitative estimate of drug-likeness (QED) is 0.640. The number of carbonyl (C=O) groups excluding carboxylic acids is 1. The van der Waals surface area contributed by atoms with E-state index in [2.05, 4.69) is 4.98 Å². The second-order valence-corrected chi connectivity index (χ2v) is 3.07. The normalized spacial score (nSPS) is 11.7. The van der Waals surface area contributed by atoms with Crippen molar-refractivity contribution >= 4 is 5.78 Å². The number of ketones is 1. The lowest BCUT2D eigenvalue weighted by molar-refractivity contribution is 0.0980. The molecule has 1 rings (SSSR count). The predicted molar refractivity (Wildman–Crippen MR) is 40.6 cm³/mol. The van der Waals surface area contributed by atoms with Crippen molar-refractivity contribution in [1.82, 2.24) is 4.98 Å². The Kier molecular flexibility index (Phi) is 2.00. The van der Waals surface area contributed by atoms with E-state index in [1.165, 1.54) is 20.8 Å². The maximum atomic E-state index is 13.2. The number of alkyl halides is 1. The van der Waals surface area contributed by atoms with Crippen LogP contribution in [0, 0.1) is 0 Å². The number of halogens is 1. The zero-order valence-corrected chi connectivity index (χ0v) is 7.22. The van der Waals surface area contributed by atoms with Crippen LogP contribution in [-0.4, -0.2) is 10.8 Å². The Morgan fingerprint density at radius 2 is 2.25 bits per heavy atom. The maximum absolute atomic E-state index is 13.2. The van der Waals surface area contributed by atoms with Crippen LogP contribution in [0.1, 0.15) is 37.2 Å². The molecule has 0 aromatic carbocycles. The minimum atomic E-state index is -1.56. The van der Waals surface area contributed by atoms with E-state index in [-0.39, 0.29) is 17.4 Å². The van der Waals surface area contributed by atoms with Crippen LogP contribution in [0.5, 0.6) is 0 Å². The first-order valence-corrected chi connectivity index (χ1v) is 3.57. The Morgan fingerprint density at radius 3 is 2.50 bits per heavy atom. The zero-order chi connectivity index (χ0) is 9.35. The molecule has 0 aliphatic rings. The first-order valence-electron chi connectivity index (χ1n) is 3.57. The highest BCUT2D eigenvalue weighted by atomic mass is 19.1.